The molecule has 0 aliphatic rings. The lowest BCUT2D eigenvalue weighted by atomic mass is 10.2. The molecule has 6 heteroatoms. The fourth-order valence-corrected chi connectivity index (χ4v) is 2.52. The second kappa shape index (κ2) is 4.06. The van der Waals surface area contributed by atoms with Crippen LogP contribution in [0, 0.1) is 0 Å². The number of H-pyrrole nitrogens is 1. The number of thiazole rings is 1. The summed E-state index contributed by atoms with van der Waals surface area (Å²) >= 11 is 1.47. The highest BCUT2D eigenvalue weighted by Crippen LogP contribution is 2.28. The molecule has 0 aliphatic heterocycles. The number of fused-ring (bicyclic) bond motifs is 1. The molecule has 0 bridgehead atoms. The van der Waals surface area contributed by atoms with Crippen molar-refractivity contribution in [2.75, 3.05) is 5.73 Å². The van der Waals surface area contributed by atoms with E-state index in [1.807, 2.05) is 18.2 Å². The Hall–Kier alpha value is -1.95. The summed E-state index contributed by atoms with van der Waals surface area (Å²) in [6.07, 6.45) is 0. The zero-order valence-corrected chi connectivity index (χ0v) is 11.0. The number of nitrogens with one attached hydrogen (secondary N) is 1. The number of nitrogen functional groups attached to an aromatic ring is 1. The molecule has 18 heavy (non-hydrogen) atoms. The molecule has 3 N–H and O–H groups in total. The second-order valence-electron chi connectivity index (χ2n) is 4.43. The first kappa shape index (κ1) is 11.2. The fourth-order valence-electron chi connectivity index (χ4n) is 1.74. The van der Waals surface area contributed by atoms with Crippen LogP contribution in [0.4, 0.5) is 5.13 Å². The molecule has 2 heterocycles. The predicted molar refractivity (Wildman–Crippen MR) is 73.5 cm³/mol. The molecule has 0 saturated heterocycles. The topological polar surface area (TPSA) is 80.5 Å². The molecule has 0 aliphatic carbocycles. The summed E-state index contributed by atoms with van der Waals surface area (Å²) in [5.41, 5.74) is 7.59. The van der Waals surface area contributed by atoms with Crippen LogP contribution in [0.25, 0.3) is 21.6 Å². The maximum Gasteiger partial charge on any atom is 0.181 e. The number of hydrogen-bond acceptors (Lipinski definition) is 5. The molecule has 1 aromatic carbocycles. The minimum absolute atomic E-state index is 0.342. The Bertz CT molecular complexity index is 697. The Kier molecular flexibility index (Phi) is 2.52. The largest absolute Gasteiger partial charge is 0.375 e. The Morgan fingerprint density at radius 1 is 1.28 bits per heavy atom. The molecule has 3 aromatic rings. The molecule has 0 saturated carbocycles. The van der Waals surface area contributed by atoms with Gasteiger partial charge in [-0.05, 0) is 18.2 Å². The van der Waals surface area contributed by atoms with Gasteiger partial charge in [-0.2, -0.15) is 5.10 Å². The van der Waals surface area contributed by atoms with E-state index < -0.39 is 0 Å². The lowest BCUT2D eigenvalue weighted by molar-refractivity contribution is 0.781. The van der Waals surface area contributed by atoms with E-state index in [-0.39, 0.29) is 0 Å². The Morgan fingerprint density at radius 3 is 2.83 bits per heavy atom. The zero-order valence-electron chi connectivity index (χ0n) is 10.1. The Labute approximate surface area is 108 Å². The monoisotopic (exact) mass is 259 g/mol. The number of nitrogens with zero attached hydrogens (tertiary/aromatic N) is 3. The zero-order chi connectivity index (χ0) is 12.7. The number of anilines is 1. The molecule has 0 radical (unpaired) electrons. The first-order chi connectivity index (χ1) is 8.63. The Balaban J connectivity index is 2.06. The summed E-state index contributed by atoms with van der Waals surface area (Å²) in [4.78, 5) is 8.71. The second-order valence-corrected chi connectivity index (χ2v) is 5.50. The molecule has 2 aromatic heterocycles. The number of aromatic nitrogens is 4. The molecule has 0 fully saturated rings. The minimum atomic E-state index is 0.342. The Morgan fingerprint density at radius 2 is 2.11 bits per heavy atom. The van der Waals surface area contributed by atoms with Crippen LogP contribution in [-0.4, -0.2) is 20.2 Å². The van der Waals surface area contributed by atoms with Gasteiger partial charge < -0.3 is 5.73 Å². The van der Waals surface area contributed by atoms with E-state index in [2.05, 4.69) is 34.0 Å². The van der Waals surface area contributed by atoms with Gasteiger partial charge in [0, 0.05) is 11.5 Å². The van der Waals surface area contributed by atoms with E-state index in [1.165, 1.54) is 11.3 Å². The van der Waals surface area contributed by atoms with E-state index in [0.717, 1.165) is 21.6 Å². The molecule has 92 valence electrons. The van der Waals surface area contributed by atoms with Crippen LogP contribution in [0.5, 0.6) is 0 Å². The van der Waals surface area contributed by atoms with Crippen LogP contribution in [0.2, 0.25) is 0 Å². The van der Waals surface area contributed by atoms with Crippen LogP contribution in [-0.2, 0) is 0 Å². The summed E-state index contributed by atoms with van der Waals surface area (Å²) in [5, 5.41) is 7.78. The highest BCUT2D eigenvalue weighted by molar-refractivity contribution is 7.22. The van der Waals surface area contributed by atoms with E-state index in [4.69, 9.17) is 5.73 Å². The van der Waals surface area contributed by atoms with E-state index in [0.29, 0.717) is 16.9 Å². The molecular formula is C12H13N5S. The summed E-state index contributed by atoms with van der Waals surface area (Å²) in [6, 6.07) is 5.94. The van der Waals surface area contributed by atoms with Gasteiger partial charge in [-0.25, -0.2) is 9.97 Å². The van der Waals surface area contributed by atoms with E-state index >= 15 is 0 Å². The maximum absolute atomic E-state index is 5.69. The van der Waals surface area contributed by atoms with Crippen molar-refractivity contribution in [2.24, 2.45) is 0 Å². The van der Waals surface area contributed by atoms with Crippen LogP contribution in [0.1, 0.15) is 25.6 Å². The van der Waals surface area contributed by atoms with Gasteiger partial charge in [0.05, 0.1) is 10.2 Å². The van der Waals surface area contributed by atoms with Crippen molar-refractivity contribution in [2.45, 2.75) is 19.8 Å². The molecule has 0 amide bonds. The van der Waals surface area contributed by atoms with Crippen molar-refractivity contribution in [1.29, 1.82) is 0 Å². The van der Waals surface area contributed by atoms with Crippen molar-refractivity contribution in [3.05, 3.63) is 24.0 Å². The standard InChI is InChI=1S/C12H13N5S/c1-6(2)10-15-11(17-16-10)7-3-4-8-9(5-7)18-12(13)14-8/h3-6H,1-2H3,(H2,13,14)(H,15,16,17). The van der Waals surface area contributed by atoms with E-state index in [9.17, 15) is 0 Å². The SMILES string of the molecule is CC(C)c1nc(-c2ccc3nc(N)sc3c2)n[nH]1. The minimum Gasteiger partial charge on any atom is -0.375 e. The highest BCUT2D eigenvalue weighted by atomic mass is 32.1. The van der Waals surface area contributed by atoms with Gasteiger partial charge in [0.25, 0.3) is 0 Å². The summed E-state index contributed by atoms with van der Waals surface area (Å²) in [5.74, 6) is 1.95. The van der Waals surface area contributed by atoms with Crippen molar-refractivity contribution >= 4 is 26.7 Å². The smallest absolute Gasteiger partial charge is 0.181 e. The highest BCUT2D eigenvalue weighted by Gasteiger charge is 2.10. The van der Waals surface area contributed by atoms with Crippen molar-refractivity contribution in [1.82, 2.24) is 20.2 Å². The van der Waals surface area contributed by atoms with Gasteiger partial charge >= 0.3 is 0 Å². The third kappa shape index (κ3) is 1.84. The third-order valence-electron chi connectivity index (χ3n) is 2.71. The molecule has 3 rings (SSSR count). The van der Waals surface area contributed by atoms with Gasteiger partial charge in [-0.15, -0.1) is 0 Å². The average molecular weight is 259 g/mol. The summed E-state index contributed by atoms with van der Waals surface area (Å²) in [7, 11) is 0. The lowest BCUT2D eigenvalue weighted by Crippen LogP contribution is -1.89. The fraction of sp³-hybridized carbons (Fsp3) is 0.250. The number of rotatable bonds is 2. The summed E-state index contributed by atoms with van der Waals surface area (Å²) < 4.78 is 1.06. The number of hydrogen-bond donors (Lipinski definition) is 2. The maximum atomic E-state index is 5.69. The lowest BCUT2D eigenvalue weighted by Gasteiger charge is -1.96. The van der Waals surface area contributed by atoms with Gasteiger partial charge in [-0.3, -0.25) is 5.10 Å². The van der Waals surface area contributed by atoms with Crippen LogP contribution < -0.4 is 5.73 Å². The van der Waals surface area contributed by atoms with Crippen LogP contribution in [0.3, 0.4) is 0 Å². The molecular weight excluding hydrogens is 246 g/mol. The molecule has 0 spiro atoms. The molecule has 5 nitrogen and oxygen atoms in total. The van der Waals surface area contributed by atoms with E-state index in [1.54, 1.807) is 0 Å². The number of nitrogens with two attached hydrogens (primary N) is 1. The van der Waals surface area contributed by atoms with Crippen LogP contribution >= 0.6 is 11.3 Å². The third-order valence-corrected chi connectivity index (χ3v) is 3.56. The van der Waals surface area contributed by atoms with Crippen molar-refractivity contribution in [3.63, 3.8) is 0 Å². The number of aromatic amines is 1. The van der Waals surface area contributed by atoms with Crippen molar-refractivity contribution in [3.8, 4) is 11.4 Å². The van der Waals surface area contributed by atoms with Gasteiger partial charge in [0.1, 0.15) is 5.82 Å². The quantitative estimate of drug-likeness (QED) is 0.741. The van der Waals surface area contributed by atoms with Crippen molar-refractivity contribution < 1.29 is 0 Å². The van der Waals surface area contributed by atoms with Gasteiger partial charge in [0.2, 0.25) is 0 Å². The van der Waals surface area contributed by atoms with Gasteiger partial charge in [0.15, 0.2) is 11.0 Å². The van der Waals surface area contributed by atoms with Gasteiger partial charge in [-0.1, -0.05) is 25.2 Å². The molecule has 0 atom stereocenters. The summed E-state index contributed by atoms with van der Waals surface area (Å²) in [6.45, 7) is 4.16. The van der Waals surface area contributed by atoms with Crippen LogP contribution in [0.15, 0.2) is 18.2 Å². The predicted octanol–water partition coefficient (Wildman–Crippen LogP) is 2.79. The number of benzene rings is 1. The normalized spacial score (nSPS) is 11.5. The first-order valence-electron chi connectivity index (χ1n) is 5.72. The molecule has 0 unspecified atom stereocenters. The average Bonchev–Trinajstić information content (AvgIpc) is 2.91. The first-order valence-corrected chi connectivity index (χ1v) is 6.54.